The summed E-state index contributed by atoms with van der Waals surface area (Å²) in [5.41, 5.74) is 11.8. The molecular weight excluding hydrogens is 304 g/mol. The minimum atomic E-state index is 0.416. The number of rotatable bonds is 2. The van der Waals surface area contributed by atoms with Crippen molar-refractivity contribution >= 4 is 23.1 Å². The molecule has 4 nitrogen and oxygen atoms in total. The normalized spacial score (nSPS) is 18.7. The van der Waals surface area contributed by atoms with Crippen LogP contribution in [0.1, 0.15) is 29.8 Å². The van der Waals surface area contributed by atoms with Gasteiger partial charge in [-0.05, 0) is 42.7 Å². The molecule has 2 aliphatic heterocycles. The van der Waals surface area contributed by atoms with Crippen LogP contribution in [0.2, 0.25) is 0 Å². The van der Waals surface area contributed by atoms with Crippen LogP contribution in [0, 0.1) is 0 Å². The molecule has 120 valence electrons. The monoisotopic (exact) mass is 326 g/mol. The summed E-state index contributed by atoms with van der Waals surface area (Å²) in [5.74, 6) is 0.985. The predicted molar refractivity (Wildman–Crippen MR) is 96.8 cm³/mol. The number of hydrogen-bond acceptors (Lipinski definition) is 5. The number of nitrogens with two attached hydrogens (primary N) is 1. The lowest BCUT2D eigenvalue weighted by Gasteiger charge is -2.28. The molecule has 0 saturated heterocycles. The van der Waals surface area contributed by atoms with Crippen LogP contribution in [0.15, 0.2) is 35.4 Å². The molecule has 0 bridgehead atoms. The second-order valence-electron chi connectivity index (χ2n) is 6.31. The van der Waals surface area contributed by atoms with Gasteiger partial charge in [0, 0.05) is 41.8 Å². The van der Waals surface area contributed by atoms with Gasteiger partial charge in [0.15, 0.2) is 0 Å². The van der Waals surface area contributed by atoms with E-state index in [4.69, 9.17) is 5.73 Å². The zero-order chi connectivity index (χ0) is 15.8. The Labute approximate surface area is 141 Å². The highest BCUT2D eigenvalue weighted by atomic mass is 32.2. The van der Waals surface area contributed by atoms with Crippen molar-refractivity contribution in [2.75, 3.05) is 30.0 Å². The summed E-state index contributed by atoms with van der Waals surface area (Å²) in [6.07, 6.45) is 3.80. The fourth-order valence-corrected chi connectivity index (χ4v) is 4.32. The number of nitrogens with one attached hydrogen (secondary N) is 1. The largest absolute Gasteiger partial charge is 0.397 e. The number of benzene rings is 1. The molecular formula is C18H22N4S. The molecule has 1 aromatic heterocycles. The van der Waals surface area contributed by atoms with Crippen molar-refractivity contribution in [1.82, 2.24) is 9.88 Å². The van der Waals surface area contributed by atoms with Gasteiger partial charge in [-0.15, -0.1) is 11.8 Å². The summed E-state index contributed by atoms with van der Waals surface area (Å²) >= 11 is 1.88. The molecule has 1 aromatic carbocycles. The van der Waals surface area contributed by atoms with Crippen LogP contribution in [-0.4, -0.2) is 28.9 Å². The molecule has 0 unspecified atom stereocenters. The first-order valence-electron chi connectivity index (χ1n) is 8.18. The SMILES string of the molecule is C[C@H](c1ccc2c(c1)NCS2)N1CCc2cc(N)cnc2CC1. The van der Waals surface area contributed by atoms with Gasteiger partial charge < -0.3 is 11.1 Å². The minimum Gasteiger partial charge on any atom is -0.397 e. The average molecular weight is 326 g/mol. The molecule has 23 heavy (non-hydrogen) atoms. The molecule has 5 heteroatoms. The molecule has 0 aliphatic carbocycles. The van der Waals surface area contributed by atoms with Gasteiger partial charge in [0.05, 0.1) is 17.8 Å². The first kappa shape index (κ1) is 14.8. The zero-order valence-corrected chi connectivity index (χ0v) is 14.2. The summed E-state index contributed by atoms with van der Waals surface area (Å²) < 4.78 is 0. The molecule has 0 radical (unpaired) electrons. The first-order chi connectivity index (χ1) is 11.2. The van der Waals surface area contributed by atoms with Gasteiger partial charge in [-0.2, -0.15) is 0 Å². The van der Waals surface area contributed by atoms with Gasteiger partial charge in [-0.25, -0.2) is 0 Å². The number of anilines is 2. The van der Waals surface area contributed by atoms with Crippen molar-refractivity contribution in [2.24, 2.45) is 0 Å². The molecule has 0 amide bonds. The van der Waals surface area contributed by atoms with E-state index in [1.807, 2.05) is 11.8 Å². The van der Waals surface area contributed by atoms with Crippen LogP contribution in [0.3, 0.4) is 0 Å². The number of hydrogen-bond donors (Lipinski definition) is 2. The maximum atomic E-state index is 5.89. The van der Waals surface area contributed by atoms with Gasteiger partial charge in [0.2, 0.25) is 0 Å². The Kier molecular flexibility index (Phi) is 3.91. The molecule has 0 saturated carbocycles. The van der Waals surface area contributed by atoms with Crippen molar-refractivity contribution in [3.05, 3.63) is 47.3 Å². The number of thioether (sulfide) groups is 1. The Bertz CT molecular complexity index is 731. The number of nitrogens with zero attached hydrogens (tertiary/aromatic N) is 2. The van der Waals surface area contributed by atoms with Crippen molar-refractivity contribution in [3.8, 4) is 0 Å². The number of aromatic nitrogens is 1. The van der Waals surface area contributed by atoms with E-state index in [0.29, 0.717) is 6.04 Å². The third-order valence-corrected chi connectivity index (χ3v) is 5.86. The van der Waals surface area contributed by atoms with Crippen molar-refractivity contribution < 1.29 is 0 Å². The van der Waals surface area contributed by atoms with Crippen LogP contribution in [-0.2, 0) is 12.8 Å². The quantitative estimate of drug-likeness (QED) is 0.887. The Morgan fingerprint density at radius 2 is 2.13 bits per heavy atom. The topological polar surface area (TPSA) is 54.2 Å². The first-order valence-corrected chi connectivity index (χ1v) is 9.17. The van der Waals surface area contributed by atoms with Crippen LogP contribution < -0.4 is 11.1 Å². The smallest absolute Gasteiger partial charge is 0.0658 e. The summed E-state index contributed by atoms with van der Waals surface area (Å²) in [4.78, 5) is 8.45. The predicted octanol–water partition coefficient (Wildman–Crippen LogP) is 3.30. The van der Waals surface area contributed by atoms with E-state index in [0.717, 1.165) is 37.5 Å². The molecule has 2 aliphatic rings. The maximum Gasteiger partial charge on any atom is 0.0658 e. The third kappa shape index (κ3) is 2.91. The summed E-state index contributed by atoms with van der Waals surface area (Å²) in [7, 11) is 0. The lowest BCUT2D eigenvalue weighted by atomic mass is 10.1. The fraction of sp³-hybridized carbons (Fsp3) is 0.389. The number of fused-ring (bicyclic) bond motifs is 2. The zero-order valence-electron chi connectivity index (χ0n) is 13.4. The van der Waals surface area contributed by atoms with E-state index < -0.39 is 0 Å². The number of pyridine rings is 1. The molecule has 0 spiro atoms. The van der Waals surface area contributed by atoms with Gasteiger partial charge >= 0.3 is 0 Å². The molecule has 2 aromatic rings. The van der Waals surface area contributed by atoms with Crippen LogP contribution in [0.5, 0.6) is 0 Å². The second kappa shape index (κ2) is 6.06. The average Bonchev–Trinajstić information content (AvgIpc) is 2.93. The molecule has 3 heterocycles. The van der Waals surface area contributed by atoms with Gasteiger partial charge in [-0.1, -0.05) is 6.07 Å². The molecule has 4 rings (SSSR count). The highest BCUT2D eigenvalue weighted by Gasteiger charge is 2.22. The third-order valence-electron chi connectivity index (χ3n) is 4.91. The molecule has 1 atom stereocenters. The van der Waals surface area contributed by atoms with Gasteiger partial charge in [0.1, 0.15) is 0 Å². The van der Waals surface area contributed by atoms with Crippen molar-refractivity contribution in [2.45, 2.75) is 30.7 Å². The van der Waals surface area contributed by atoms with Crippen LogP contribution in [0.25, 0.3) is 0 Å². The Hall–Kier alpha value is -1.72. The van der Waals surface area contributed by atoms with E-state index in [1.54, 1.807) is 6.20 Å². The highest BCUT2D eigenvalue weighted by molar-refractivity contribution is 7.99. The molecule has 3 N–H and O–H groups in total. The fourth-order valence-electron chi connectivity index (χ4n) is 3.49. The van der Waals surface area contributed by atoms with E-state index in [2.05, 4.69) is 46.4 Å². The summed E-state index contributed by atoms with van der Waals surface area (Å²) in [6.45, 7) is 4.41. The second-order valence-corrected chi connectivity index (χ2v) is 7.32. The van der Waals surface area contributed by atoms with Crippen LogP contribution >= 0.6 is 11.8 Å². The van der Waals surface area contributed by atoms with E-state index in [9.17, 15) is 0 Å². The van der Waals surface area contributed by atoms with E-state index >= 15 is 0 Å². The Morgan fingerprint density at radius 1 is 1.26 bits per heavy atom. The standard InChI is InChI=1S/C18H22N4S/c1-12(13-2-3-18-17(9-13)21-11-23-18)22-6-4-14-8-15(19)10-20-16(14)5-7-22/h2-3,8-10,12,21H,4-7,11,19H2,1H3/t12-/m1/s1. The lowest BCUT2D eigenvalue weighted by molar-refractivity contribution is 0.221. The Morgan fingerprint density at radius 3 is 3.04 bits per heavy atom. The van der Waals surface area contributed by atoms with Crippen molar-refractivity contribution in [1.29, 1.82) is 0 Å². The van der Waals surface area contributed by atoms with Crippen LogP contribution in [0.4, 0.5) is 11.4 Å². The maximum absolute atomic E-state index is 5.89. The lowest BCUT2D eigenvalue weighted by Crippen LogP contribution is -2.29. The highest BCUT2D eigenvalue weighted by Crippen LogP contribution is 2.36. The number of nitrogen functional groups attached to an aromatic ring is 1. The van der Waals surface area contributed by atoms with Crippen molar-refractivity contribution in [3.63, 3.8) is 0 Å². The van der Waals surface area contributed by atoms with E-state index in [-0.39, 0.29) is 0 Å². The Balaban J connectivity index is 1.52. The summed E-state index contributed by atoms with van der Waals surface area (Å²) in [6, 6.07) is 9.35. The van der Waals surface area contributed by atoms with E-state index in [1.165, 1.54) is 27.4 Å². The van der Waals surface area contributed by atoms with Gasteiger partial charge in [-0.3, -0.25) is 9.88 Å². The summed E-state index contributed by atoms with van der Waals surface area (Å²) in [5, 5.41) is 3.45. The van der Waals surface area contributed by atoms with Gasteiger partial charge in [0.25, 0.3) is 0 Å². The molecule has 0 fully saturated rings. The minimum absolute atomic E-state index is 0.416.